The van der Waals surface area contributed by atoms with Crippen LogP contribution in [0.5, 0.6) is 0 Å². The van der Waals surface area contributed by atoms with Gasteiger partial charge in [-0.1, -0.05) is 26.3 Å². The van der Waals surface area contributed by atoms with Crippen LogP contribution in [-0.2, 0) is 22.4 Å². The number of ketones is 1. The smallest absolute Gasteiger partial charge is 0.341 e. The van der Waals surface area contributed by atoms with Gasteiger partial charge in [0.1, 0.15) is 10.8 Å². The van der Waals surface area contributed by atoms with E-state index in [9.17, 15) is 14.9 Å². The summed E-state index contributed by atoms with van der Waals surface area (Å²) < 4.78 is 5.53. The molecule has 3 heterocycles. The molecule has 0 saturated heterocycles. The Kier molecular flexibility index (Phi) is 6.67. The lowest BCUT2D eigenvalue weighted by atomic mass is 9.69. The van der Waals surface area contributed by atoms with E-state index in [1.165, 1.54) is 4.88 Å². The molecule has 1 atom stereocenters. The van der Waals surface area contributed by atoms with Crippen molar-refractivity contribution < 1.29 is 14.3 Å². The van der Waals surface area contributed by atoms with Gasteiger partial charge in [-0.25, -0.2) is 4.79 Å². The maximum absolute atomic E-state index is 13.8. The summed E-state index contributed by atoms with van der Waals surface area (Å²) in [6, 6.07) is 6.00. The number of carbonyl (C=O) groups is 2. The minimum Gasteiger partial charge on any atom is -0.462 e. The standard InChI is InChI=1S/C29H32N4O3S/c1-4-36-28(35)24-18-10-6-5-7-11-22(18)37-27(24)33-20-13-29(2,3)14-21(34)25(20)23(19(15-30)26(33)31)17-9-8-12-32-16-17/h8-9,12,16,23H,4-7,10-11,13-14,31H2,1-3H3. The number of thiophene rings is 1. The highest BCUT2D eigenvalue weighted by molar-refractivity contribution is 7.16. The van der Waals surface area contributed by atoms with E-state index in [0.717, 1.165) is 48.9 Å². The molecule has 2 aromatic rings. The van der Waals surface area contributed by atoms with Gasteiger partial charge in [0, 0.05) is 35.0 Å². The van der Waals surface area contributed by atoms with Gasteiger partial charge in [0.05, 0.1) is 29.7 Å². The Balaban J connectivity index is 1.79. The number of carbonyl (C=O) groups excluding carboxylic acids is 2. The molecule has 0 fully saturated rings. The van der Waals surface area contributed by atoms with Gasteiger partial charge in [-0.3, -0.25) is 14.7 Å². The summed E-state index contributed by atoms with van der Waals surface area (Å²) in [5.74, 6) is -0.692. The van der Waals surface area contributed by atoms with Crippen LogP contribution in [0.25, 0.3) is 0 Å². The van der Waals surface area contributed by atoms with Gasteiger partial charge in [-0.05, 0) is 61.6 Å². The maximum Gasteiger partial charge on any atom is 0.341 e. The molecule has 2 aliphatic carbocycles. The van der Waals surface area contributed by atoms with Crippen molar-refractivity contribution in [3.8, 4) is 6.07 Å². The van der Waals surface area contributed by atoms with E-state index in [0.29, 0.717) is 34.6 Å². The molecule has 8 heteroatoms. The molecule has 0 spiro atoms. The molecule has 192 valence electrons. The lowest BCUT2D eigenvalue weighted by Gasteiger charge is -2.43. The second-order valence-electron chi connectivity index (χ2n) is 10.7. The molecule has 7 nitrogen and oxygen atoms in total. The van der Waals surface area contributed by atoms with Crippen molar-refractivity contribution in [3.05, 3.63) is 68.8 Å². The fourth-order valence-corrected chi connectivity index (χ4v) is 7.34. The van der Waals surface area contributed by atoms with E-state index in [1.54, 1.807) is 36.7 Å². The largest absolute Gasteiger partial charge is 0.462 e. The Labute approximate surface area is 221 Å². The number of hydrogen-bond donors (Lipinski definition) is 1. The Hall–Kier alpha value is -3.44. The van der Waals surface area contributed by atoms with Crippen LogP contribution in [0.2, 0.25) is 0 Å². The summed E-state index contributed by atoms with van der Waals surface area (Å²) >= 11 is 1.55. The summed E-state index contributed by atoms with van der Waals surface area (Å²) in [6.07, 6.45) is 9.22. The second kappa shape index (κ2) is 9.79. The molecule has 1 aliphatic heterocycles. The topological polar surface area (TPSA) is 109 Å². The van der Waals surface area contributed by atoms with E-state index < -0.39 is 5.92 Å². The molecule has 2 N–H and O–H groups in total. The number of fused-ring (bicyclic) bond motifs is 1. The third kappa shape index (κ3) is 4.36. The Morgan fingerprint density at radius 1 is 1.30 bits per heavy atom. The molecule has 2 aromatic heterocycles. The predicted octanol–water partition coefficient (Wildman–Crippen LogP) is 5.53. The van der Waals surface area contributed by atoms with Gasteiger partial charge < -0.3 is 10.5 Å². The predicted molar refractivity (Wildman–Crippen MR) is 143 cm³/mol. The zero-order chi connectivity index (χ0) is 26.3. The van der Waals surface area contributed by atoms with Crippen molar-refractivity contribution in [2.24, 2.45) is 11.1 Å². The molecular formula is C29H32N4O3S. The average Bonchev–Trinajstić information content (AvgIpc) is 3.05. The van der Waals surface area contributed by atoms with Crippen LogP contribution >= 0.6 is 11.3 Å². The van der Waals surface area contributed by atoms with Crippen LogP contribution in [0, 0.1) is 16.7 Å². The number of nitriles is 1. The molecule has 1 unspecified atom stereocenters. The van der Waals surface area contributed by atoms with E-state index in [1.807, 2.05) is 11.0 Å². The lowest BCUT2D eigenvalue weighted by Crippen LogP contribution is -2.42. The molecule has 5 rings (SSSR count). The number of esters is 1. The monoisotopic (exact) mass is 516 g/mol. The first-order valence-corrected chi connectivity index (χ1v) is 13.8. The summed E-state index contributed by atoms with van der Waals surface area (Å²) in [4.78, 5) is 34.4. The first kappa shape index (κ1) is 25.2. The van der Waals surface area contributed by atoms with Crippen molar-refractivity contribution in [3.63, 3.8) is 0 Å². The number of nitrogens with zero attached hydrogens (tertiary/aromatic N) is 3. The van der Waals surface area contributed by atoms with Crippen molar-refractivity contribution in [2.75, 3.05) is 11.5 Å². The number of pyridine rings is 1. The normalized spacial score (nSPS) is 21.2. The SMILES string of the molecule is CCOC(=O)c1c(N2C(N)=C(C#N)C(c3cccnc3)C3=C2CC(C)(C)CC3=O)sc2c1CCCCC2. The van der Waals surface area contributed by atoms with E-state index in [2.05, 4.69) is 24.9 Å². The third-order valence-corrected chi connectivity index (χ3v) is 8.76. The molecule has 0 amide bonds. The number of hydrogen-bond acceptors (Lipinski definition) is 8. The van der Waals surface area contributed by atoms with Gasteiger partial charge in [0.15, 0.2) is 5.78 Å². The molecular weight excluding hydrogens is 484 g/mol. The zero-order valence-corrected chi connectivity index (χ0v) is 22.4. The fraction of sp³-hybridized carbons (Fsp3) is 0.448. The van der Waals surface area contributed by atoms with Crippen LogP contribution < -0.4 is 10.6 Å². The third-order valence-electron chi connectivity index (χ3n) is 7.48. The molecule has 0 saturated carbocycles. The number of aryl methyl sites for hydroxylation is 1. The molecule has 0 radical (unpaired) electrons. The van der Waals surface area contributed by atoms with Gasteiger partial charge >= 0.3 is 5.97 Å². The number of Topliss-reactive ketones (excluding diaryl/α,β-unsaturated/α-hetero) is 1. The number of allylic oxidation sites excluding steroid dienone is 3. The van der Waals surface area contributed by atoms with Crippen molar-refractivity contribution >= 4 is 28.1 Å². The van der Waals surface area contributed by atoms with Crippen LogP contribution in [-0.4, -0.2) is 23.3 Å². The number of nitrogens with two attached hydrogens (primary N) is 1. The lowest BCUT2D eigenvalue weighted by molar-refractivity contribution is -0.118. The quantitative estimate of drug-likeness (QED) is 0.420. The van der Waals surface area contributed by atoms with Gasteiger partial charge in [-0.15, -0.1) is 11.3 Å². The number of rotatable bonds is 4. The number of aromatic nitrogens is 1. The second-order valence-corrected chi connectivity index (χ2v) is 11.8. The fourth-order valence-electron chi connectivity index (χ4n) is 5.92. The van der Waals surface area contributed by atoms with E-state index >= 15 is 0 Å². The minimum atomic E-state index is -0.586. The molecule has 37 heavy (non-hydrogen) atoms. The van der Waals surface area contributed by atoms with Crippen molar-refractivity contribution in [1.82, 2.24) is 4.98 Å². The first-order valence-electron chi connectivity index (χ1n) is 12.9. The highest BCUT2D eigenvalue weighted by Crippen LogP contribution is 2.52. The van der Waals surface area contributed by atoms with Crippen molar-refractivity contribution in [1.29, 1.82) is 5.26 Å². The van der Waals surface area contributed by atoms with Gasteiger partial charge in [0.2, 0.25) is 0 Å². The summed E-state index contributed by atoms with van der Waals surface area (Å²) in [5, 5.41) is 11.0. The van der Waals surface area contributed by atoms with Crippen LogP contribution in [0.3, 0.4) is 0 Å². The van der Waals surface area contributed by atoms with Crippen LogP contribution in [0.4, 0.5) is 5.00 Å². The Morgan fingerprint density at radius 2 is 2.08 bits per heavy atom. The van der Waals surface area contributed by atoms with Gasteiger partial charge in [0.25, 0.3) is 0 Å². The van der Waals surface area contributed by atoms with Crippen LogP contribution in [0.1, 0.15) is 85.2 Å². The molecule has 0 aromatic carbocycles. The number of anilines is 1. The summed E-state index contributed by atoms with van der Waals surface area (Å²) in [5.41, 5.74) is 10.5. The first-order chi connectivity index (χ1) is 17.8. The van der Waals surface area contributed by atoms with E-state index in [4.69, 9.17) is 10.5 Å². The van der Waals surface area contributed by atoms with Gasteiger partial charge in [-0.2, -0.15) is 5.26 Å². The van der Waals surface area contributed by atoms with Crippen LogP contribution in [0.15, 0.2) is 47.2 Å². The number of ether oxygens (including phenoxy) is 1. The van der Waals surface area contributed by atoms with E-state index in [-0.39, 0.29) is 29.6 Å². The average molecular weight is 517 g/mol. The highest BCUT2D eigenvalue weighted by atomic mass is 32.1. The molecule has 0 bridgehead atoms. The molecule has 3 aliphatic rings. The Bertz CT molecular complexity index is 1360. The summed E-state index contributed by atoms with van der Waals surface area (Å²) in [7, 11) is 0. The Morgan fingerprint density at radius 3 is 2.78 bits per heavy atom. The highest BCUT2D eigenvalue weighted by Gasteiger charge is 2.46. The summed E-state index contributed by atoms with van der Waals surface area (Å²) in [6.45, 7) is 6.20. The minimum absolute atomic E-state index is 0.00107. The zero-order valence-electron chi connectivity index (χ0n) is 21.6. The maximum atomic E-state index is 13.8. The van der Waals surface area contributed by atoms with Crippen molar-refractivity contribution in [2.45, 2.75) is 71.6 Å².